The zero-order valence-electron chi connectivity index (χ0n) is 11.3. The minimum Gasteiger partial charge on any atom is -0.456 e. The van der Waals surface area contributed by atoms with Crippen molar-refractivity contribution >= 4 is 21.9 Å². The highest BCUT2D eigenvalue weighted by Gasteiger charge is 2.08. The first-order valence-electron chi connectivity index (χ1n) is 6.81. The highest BCUT2D eigenvalue weighted by atomic mass is 16.3. The first-order valence-corrected chi connectivity index (χ1v) is 6.81. The normalized spacial score (nSPS) is 11.3. The maximum absolute atomic E-state index is 9.23. The van der Waals surface area contributed by atoms with E-state index in [1.54, 1.807) is 6.20 Å². The van der Waals surface area contributed by atoms with Gasteiger partial charge in [-0.25, -0.2) is 0 Å². The number of nitrogens with zero attached hydrogens (tertiary/aromatic N) is 1. The number of para-hydroxylation sites is 1. The lowest BCUT2D eigenvalue weighted by atomic mass is 10.0. The molecule has 0 saturated carbocycles. The minimum absolute atomic E-state index is 0.00226. The fraction of sp³-hybridized carbons (Fsp3) is 0.0556. The van der Waals surface area contributed by atoms with Crippen molar-refractivity contribution in [2.45, 2.75) is 6.61 Å². The van der Waals surface area contributed by atoms with Gasteiger partial charge < -0.3 is 9.52 Å². The predicted octanol–water partition coefficient (Wildman–Crippen LogP) is 4.14. The van der Waals surface area contributed by atoms with Crippen LogP contribution < -0.4 is 0 Å². The molecule has 4 aromatic rings. The number of hydrogen-bond acceptors (Lipinski definition) is 3. The molecule has 3 nitrogen and oxygen atoms in total. The zero-order valence-corrected chi connectivity index (χ0v) is 11.3. The Morgan fingerprint density at radius 1 is 0.857 bits per heavy atom. The highest BCUT2D eigenvalue weighted by Crippen LogP contribution is 2.32. The van der Waals surface area contributed by atoms with Gasteiger partial charge in [-0.1, -0.05) is 24.3 Å². The van der Waals surface area contributed by atoms with Gasteiger partial charge in [0.2, 0.25) is 0 Å². The number of pyridine rings is 1. The molecule has 1 N–H and O–H groups in total. The van der Waals surface area contributed by atoms with Crippen LogP contribution in [0.4, 0.5) is 0 Å². The third kappa shape index (κ3) is 1.99. The second-order valence-electron chi connectivity index (χ2n) is 5.05. The molecule has 0 fully saturated rings. The van der Waals surface area contributed by atoms with Crippen LogP contribution in [-0.2, 0) is 6.61 Å². The summed E-state index contributed by atoms with van der Waals surface area (Å²) < 4.78 is 5.83. The molecule has 0 saturated heterocycles. The van der Waals surface area contributed by atoms with Gasteiger partial charge in [0.05, 0.1) is 6.61 Å². The second kappa shape index (κ2) is 4.72. The third-order valence-electron chi connectivity index (χ3n) is 3.69. The Morgan fingerprint density at radius 3 is 2.62 bits per heavy atom. The van der Waals surface area contributed by atoms with Gasteiger partial charge in [0, 0.05) is 28.7 Å². The van der Waals surface area contributed by atoms with Gasteiger partial charge in [-0.15, -0.1) is 0 Å². The molecule has 0 aliphatic rings. The van der Waals surface area contributed by atoms with Crippen LogP contribution in [0.25, 0.3) is 33.1 Å². The zero-order chi connectivity index (χ0) is 14.2. The second-order valence-corrected chi connectivity index (χ2v) is 5.05. The van der Waals surface area contributed by atoms with Crippen molar-refractivity contribution in [2.75, 3.05) is 0 Å². The van der Waals surface area contributed by atoms with Gasteiger partial charge in [0.25, 0.3) is 0 Å². The minimum atomic E-state index is -0.00226. The summed E-state index contributed by atoms with van der Waals surface area (Å²) in [5, 5.41) is 11.4. The molecule has 0 aliphatic heterocycles. The maximum Gasteiger partial charge on any atom is 0.135 e. The molecule has 2 heterocycles. The van der Waals surface area contributed by atoms with Gasteiger partial charge in [-0.05, 0) is 35.4 Å². The lowest BCUT2D eigenvalue weighted by molar-refractivity contribution is 0.281. The van der Waals surface area contributed by atoms with Crippen molar-refractivity contribution < 1.29 is 9.52 Å². The molecule has 2 aromatic heterocycles. The lowest BCUT2D eigenvalue weighted by Gasteiger charge is -2.03. The molecule has 0 bridgehead atoms. The number of aromatic nitrogens is 1. The van der Waals surface area contributed by atoms with E-state index in [1.165, 1.54) is 0 Å². The van der Waals surface area contributed by atoms with Crippen molar-refractivity contribution in [3.63, 3.8) is 0 Å². The van der Waals surface area contributed by atoms with Gasteiger partial charge in [-0.3, -0.25) is 4.98 Å². The predicted molar refractivity (Wildman–Crippen MR) is 82.9 cm³/mol. The first kappa shape index (κ1) is 12.1. The maximum atomic E-state index is 9.23. The van der Waals surface area contributed by atoms with Gasteiger partial charge in [0.15, 0.2) is 0 Å². The van der Waals surface area contributed by atoms with Crippen LogP contribution in [0.3, 0.4) is 0 Å². The number of furan rings is 1. The fourth-order valence-electron chi connectivity index (χ4n) is 2.64. The van der Waals surface area contributed by atoms with Crippen molar-refractivity contribution in [3.8, 4) is 11.1 Å². The largest absolute Gasteiger partial charge is 0.456 e. The molecule has 0 atom stereocenters. The number of hydrogen-bond donors (Lipinski definition) is 1. The summed E-state index contributed by atoms with van der Waals surface area (Å²) in [6.45, 7) is -0.00226. The Kier molecular flexibility index (Phi) is 2.72. The van der Waals surface area contributed by atoms with E-state index in [2.05, 4.69) is 17.1 Å². The molecule has 0 unspecified atom stereocenters. The molecule has 3 heteroatoms. The summed E-state index contributed by atoms with van der Waals surface area (Å²) >= 11 is 0. The quantitative estimate of drug-likeness (QED) is 0.598. The van der Waals surface area contributed by atoms with E-state index >= 15 is 0 Å². The molecule has 102 valence electrons. The molecule has 0 spiro atoms. The summed E-state index contributed by atoms with van der Waals surface area (Å²) in [5.74, 6) is 0. The average Bonchev–Trinajstić information content (AvgIpc) is 2.92. The van der Waals surface area contributed by atoms with Crippen LogP contribution in [0.5, 0.6) is 0 Å². The Hall–Kier alpha value is -2.65. The van der Waals surface area contributed by atoms with E-state index in [4.69, 9.17) is 4.42 Å². The Balaban J connectivity index is 1.95. The van der Waals surface area contributed by atoms with Gasteiger partial charge in [0.1, 0.15) is 11.2 Å². The van der Waals surface area contributed by atoms with E-state index in [1.807, 2.05) is 42.6 Å². The molecular formula is C18H13NO2. The Bertz CT molecular complexity index is 940. The van der Waals surface area contributed by atoms with E-state index in [-0.39, 0.29) is 6.61 Å². The Labute approximate surface area is 121 Å². The fourth-order valence-corrected chi connectivity index (χ4v) is 2.64. The standard InChI is InChI=1S/C18H13NO2/c20-11-12-7-14(10-19-9-12)13-5-6-18-16(8-13)15-3-1-2-4-17(15)21-18/h1-10,20H,11H2. The average molecular weight is 275 g/mol. The van der Waals surface area contributed by atoms with Gasteiger partial charge >= 0.3 is 0 Å². The third-order valence-corrected chi connectivity index (χ3v) is 3.69. The van der Waals surface area contributed by atoms with Crippen LogP contribution in [0.15, 0.2) is 65.3 Å². The highest BCUT2D eigenvalue weighted by molar-refractivity contribution is 6.06. The molecule has 4 rings (SSSR count). The van der Waals surface area contributed by atoms with E-state index in [0.29, 0.717) is 0 Å². The van der Waals surface area contributed by atoms with E-state index < -0.39 is 0 Å². The van der Waals surface area contributed by atoms with Crippen LogP contribution in [0.2, 0.25) is 0 Å². The number of fused-ring (bicyclic) bond motifs is 3. The van der Waals surface area contributed by atoms with Crippen LogP contribution in [0.1, 0.15) is 5.56 Å². The Morgan fingerprint density at radius 2 is 1.71 bits per heavy atom. The SMILES string of the molecule is OCc1cncc(-c2ccc3oc4ccccc4c3c2)c1. The van der Waals surface area contributed by atoms with Crippen LogP contribution in [-0.4, -0.2) is 10.1 Å². The summed E-state index contributed by atoms with van der Waals surface area (Å²) in [6.07, 6.45) is 3.48. The molecule has 2 aromatic carbocycles. The molecule has 0 aliphatic carbocycles. The smallest absolute Gasteiger partial charge is 0.135 e. The summed E-state index contributed by atoms with van der Waals surface area (Å²) in [4.78, 5) is 4.18. The van der Waals surface area contributed by atoms with Crippen LogP contribution in [0, 0.1) is 0 Å². The van der Waals surface area contributed by atoms with Crippen molar-refractivity contribution in [2.24, 2.45) is 0 Å². The van der Waals surface area contributed by atoms with Crippen molar-refractivity contribution in [3.05, 3.63) is 66.5 Å². The molecular weight excluding hydrogens is 262 g/mol. The summed E-state index contributed by atoms with van der Waals surface area (Å²) in [5.41, 5.74) is 4.65. The number of rotatable bonds is 2. The van der Waals surface area contributed by atoms with Crippen LogP contribution >= 0.6 is 0 Å². The molecule has 0 radical (unpaired) electrons. The van der Waals surface area contributed by atoms with Crippen molar-refractivity contribution in [1.29, 1.82) is 0 Å². The lowest BCUT2D eigenvalue weighted by Crippen LogP contribution is -1.87. The van der Waals surface area contributed by atoms with Crippen molar-refractivity contribution in [1.82, 2.24) is 4.98 Å². The monoisotopic (exact) mass is 275 g/mol. The molecule has 0 amide bonds. The molecule has 21 heavy (non-hydrogen) atoms. The van der Waals surface area contributed by atoms with E-state index in [0.717, 1.165) is 38.6 Å². The van der Waals surface area contributed by atoms with E-state index in [9.17, 15) is 5.11 Å². The number of aliphatic hydroxyl groups is 1. The first-order chi connectivity index (χ1) is 10.3. The number of aliphatic hydroxyl groups excluding tert-OH is 1. The summed E-state index contributed by atoms with van der Waals surface area (Å²) in [6, 6.07) is 16.1. The topological polar surface area (TPSA) is 46.3 Å². The van der Waals surface area contributed by atoms with Gasteiger partial charge in [-0.2, -0.15) is 0 Å². The number of benzene rings is 2. The summed E-state index contributed by atoms with van der Waals surface area (Å²) in [7, 11) is 0.